The van der Waals surface area contributed by atoms with Gasteiger partial charge in [0.05, 0.1) is 17.3 Å². The first-order valence-corrected chi connectivity index (χ1v) is 8.87. The number of carbonyl (C=O) groups is 2. The van der Waals surface area contributed by atoms with Crippen LogP contribution in [0.15, 0.2) is 36.4 Å². The maximum atomic E-state index is 12.2. The Labute approximate surface area is 152 Å². The molecule has 1 unspecified atom stereocenters. The summed E-state index contributed by atoms with van der Waals surface area (Å²) in [7, 11) is 1.50. The zero-order valence-electron chi connectivity index (χ0n) is 14.8. The fraction of sp³-hybridized carbons (Fsp3) is 0.421. The van der Waals surface area contributed by atoms with E-state index in [4.69, 9.17) is 9.72 Å². The van der Waals surface area contributed by atoms with Gasteiger partial charge in [-0.25, -0.2) is 4.79 Å². The third-order valence-corrected chi connectivity index (χ3v) is 4.68. The molecule has 0 radical (unpaired) electrons. The molecule has 1 aliphatic rings. The van der Waals surface area contributed by atoms with E-state index in [1.54, 1.807) is 0 Å². The highest BCUT2D eigenvalue weighted by atomic mass is 16.6. The molecule has 7 nitrogen and oxygen atoms in total. The fourth-order valence-electron chi connectivity index (χ4n) is 3.24. The van der Waals surface area contributed by atoms with Crippen molar-refractivity contribution < 1.29 is 14.3 Å². The molecule has 0 aliphatic carbocycles. The van der Waals surface area contributed by atoms with Crippen LogP contribution in [-0.2, 0) is 9.53 Å². The van der Waals surface area contributed by atoms with Crippen LogP contribution in [0.3, 0.4) is 0 Å². The Balaban J connectivity index is 1.79. The molecular formula is C19H24N4O3. The van der Waals surface area contributed by atoms with E-state index in [0.717, 1.165) is 42.5 Å². The summed E-state index contributed by atoms with van der Waals surface area (Å²) >= 11 is 0. The van der Waals surface area contributed by atoms with Crippen LogP contribution < -0.4 is 16.0 Å². The van der Waals surface area contributed by atoms with Crippen LogP contribution in [0.5, 0.6) is 0 Å². The van der Waals surface area contributed by atoms with E-state index in [2.05, 4.69) is 16.0 Å². The predicted octanol–water partition coefficient (Wildman–Crippen LogP) is 1.75. The van der Waals surface area contributed by atoms with Crippen molar-refractivity contribution in [3.63, 3.8) is 0 Å². The standard InChI is InChI=1S/C19H24N4O3/c1-20-17(24)12-26-19(25)23-18(14-8-10-21-11-9-14)16-7-6-13-4-2-3-5-15(13)22-16/h2-7,14,18,21H,8-12H2,1H3,(H,20,24)(H,23,25). The molecule has 0 saturated carbocycles. The normalized spacial score (nSPS) is 16.0. The average molecular weight is 356 g/mol. The number of ether oxygens (including phenoxy) is 1. The van der Waals surface area contributed by atoms with Crippen LogP contribution in [0, 0.1) is 5.92 Å². The molecular weight excluding hydrogens is 332 g/mol. The molecule has 26 heavy (non-hydrogen) atoms. The quantitative estimate of drug-likeness (QED) is 0.759. The second kappa shape index (κ2) is 8.62. The Bertz CT molecular complexity index is 774. The second-order valence-corrected chi connectivity index (χ2v) is 6.39. The number of likely N-dealkylation sites (N-methyl/N-ethyl adjacent to an activating group) is 1. The molecule has 138 valence electrons. The first kappa shape index (κ1) is 18.1. The number of nitrogens with zero attached hydrogens (tertiary/aromatic N) is 1. The molecule has 7 heteroatoms. The minimum Gasteiger partial charge on any atom is -0.439 e. The van der Waals surface area contributed by atoms with Gasteiger partial charge < -0.3 is 20.7 Å². The largest absolute Gasteiger partial charge is 0.439 e. The van der Waals surface area contributed by atoms with Gasteiger partial charge in [0.2, 0.25) is 0 Å². The smallest absolute Gasteiger partial charge is 0.408 e. The number of para-hydroxylation sites is 1. The number of rotatable bonds is 5. The van der Waals surface area contributed by atoms with Crippen LogP contribution in [0.1, 0.15) is 24.6 Å². The molecule has 3 N–H and O–H groups in total. The summed E-state index contributed by atoms with van der Waals surface area (Å²) in [5, 5.41) is 9.73. The van der Waals surface area contributed by atoms with Gasteiger partial charge >= 0.3 is 6.09 Å². The van der Waals surface area contributed by atoms with E-state index in [1.165, 1.54) is 7.05 Å². The highest BCUT2D eigenvalue weighted by Gasteiger charge is 2.28. The first-order valence-electron chi connectivity index (χ1n) is 8.87. The van der Waals surface area contributed by atoms with Gasteiger partial charge in [0.1, 0.15) is 0 Å². The monoisotopic (exact) mass is 356 g/mol. The molecule has 1 aliphatic heterocycles. The van der Waals surface area contributed by atoms with Gasteiger partial charge in [0, 0.05) is 12.4 Å². The molecule has 1 aromatic carbocycles. The van der Waals surface area contributed by atoms with Crippen molar-refractivity contribution in [2.45, 2.75) is 18.9 Å². The maximum Gasteiger partial charge on any atom is 0.408 e. The van der Waals surface area contributed by atoms with E-state index in [9.17, 15) is 9.59 Å². The lowest BCUT2D eigenvalue weighted by molar-refractivity contribution is -0.123. The van der Waals surface area contributed by atoms with Gasteiger partial charge in [-0.15, -0.1) is 0 Å². The lowest BCUT2D eigenvalue weighted by Crippen LogP contribution is -2.40. The number of carbonyl (C=O) groups excluding carboxylic acids is 2. The van der Waals surface area contributed by atoms with Crippen LogP contribution in [0.4, 0.5) is 4.79 Å². The molecule has 1 fully saturated rings. The molecule has 2 aromatic rings. The number of hydrogen-bond acceptors (Lipinski definition) is 5. The first-order chi connectivity index (χ1) is 12.7. The Kier molecular flexibility index (Phi) is 6.01. The molecule has 1 saturated heterocycles. The van der Waals surface area contributed by atoms with Crippen molar-refractivity contribution in [3.05, 3.63) is 42.1 Å². The van der Waals surface area contributed by atoms with Crippen molar-refractivity contribution in [2.75, 3.05) is 26.7 Å². The topological polar surface area (TPSA) is 92.3 Å². The van der Waals surface area contributed by atoms with E-state index >= 15 is 0 Å². The van der Waals surface area contributed by atoms with E-state index in [0.29, 0.717) is 0 Å². The number of nitrogens with one attached hydrogen (secondary N) is 3. The Morgan fingerprint density at radius 2 is 2.00 bits per heavy atom. The number of alkyl carbamates (subject to hydrolysis) is 1. The highest BCUT2D eigenvalue weighted by Crippen LogP contribution is 2.29. The third kappa shape index (κ3) is 4.49. The number of piperidine rings is 1. The Morgan fingerprint density at radius 1 is 1.23 bits per heavy atom. The van der Waals surface area contributed by atoms with E-state index in [1.807, 2.05) is 36.4 Å². The van der Waals surface area contributed by atoms with Crippen molar-refractivity contribution >= 4 is 22.9 Å². The summed E-state index contributed by atoms with van der Waals surface area (Å²) in [5.41, 5.74) is 1.71. The van der Waals surface area contributed by atoms with Crippen molar-refractivity contribution in [2.24, 2.45) is 5.92 Å². The summed E-state index contributed by atoms with van der Waals surface area (Å²) < 4.78 is 5.02. The molecule has 1 atom stereocenters. The molecule has 1 aromatic heterocycles. The van der Waals surface area contributed by atoms with Crippen molar-refractivity contribution in [1.29, 1.82) is 0 Å². The Morgan fingerprint density at radius 3 is 2.77 bits per heavy atom. The summed E-state index contributed by atoms with van der Waals surface area (Å²) in [6.45, 7) is 1.51. The Hall–Kier alpha value is -2.67. The minimum atomic E-state index is -0.605. The van der Waals surface area contributed by atoms with Gasteiger partial charge in [-0.2, -0.15) is 0 Å². The number of pyridine rings is 1. The van der Waals surface area contributed by atoms with Gasteiger partial charge in [-0.3, -0.25) is 9.78 Å². The summed E-state index contributed by atoms with van der Waals surface area (Å²) in [6.07, 6.45) is 1.27. The second-order valence-electron chi connectivity index (χ2n) is 6.39. The summed E-state index contributed by atoms with van der Waals surface area (Å²) in [4.78, 5) is 28.2. The molecule has 2 amide bonds. The van der Waals surface area contributed by atoms with Crippen molar-refractivity contribution in [1.82, 2.24) is 20.9 Å². The number of benzene rings is 1. The lowest BCUT2D eigenvalue weighted by atomic mass is 9.88. The zero-order valence-corrected chi connectivity index (χ0v) is 14.8. The van der Waals surface area contributed by atoms with Crippen LogP contribution >= 0.6 is 0 Å². The van der Waals surface area contributed by atoms with Gasteiger partial charge in [-0.1, -0.05) is 24.3 Å². The average Bonchev–Trinajstić information content (AvgIpc) is 2.70. The maximum absolute atomic E-state index is 12.2. The molecule has 0 bridgehead atoms. The van der Waals surface area contributed by atoms with E-state index in [-0.39, 0.29) is 24.5 Å². The van der Waals surface area contributed by atoms with Crippen LogP contribution in [0.2, 0.25) is 0 Å². The highest BCUT2D eigenvalue weighted by molar-refractivity contribution is 5.80. The van der Waals surface area contributed by atoms with Crippen molar-refractivity contribution in [3.8, 4) is 0 Å². The van der Waals surface area contributed by atoms with Gasteiger partial charge in [0.25, 0.3) is 5.91 Å². The lowest BCUT2D eigenvalue weighted by Gasteiger charge is -2.30. The molecule has 0 spiro atoms. The molecule has 3 rings (SSSR count). The van der Waals surface area contributed by atoms with Crippen LogP contribution in [-0.4, -0.2) is 43.7 Å². The number of hydrogen-bond donors (Lipinski definition) is 3. The number of aromatic nitrogens is 1. The van der Waals surface area contributed by atoms with Gasteiger partial charge in [0.15, 0.2) is 6.61 Å². The fourth-order valence-corrected chi connectivity index (χ4v) is 3.24. The summed E-state index contributed by atoms with van der Waals surface area (Å²) in [6, 6.07) is 11.6. The predicted molar refractivity (Wildman–Crippen MR) is 98.6 cm³/mol. The SMILES string of the molecule is CNC(=O)COC(=O)NC(c1ccc2ccccc2n1)C1CCNCC1. The molecule has 2 heterocycles. The van der Waals surface area contributed by atoms with Crippen LogP contribution in [0.25, 0.3) is 10.9 Å². The summed E-state index contributed by atoms with van der Waals surface area (Å²) in [5.74, 6) is -0.0835. The zero-order chi connectivity index (χ0) is 18.4. The number of fused-ring (bicyclic) bond motifs is 1. The number of amides is 2. The third-order valence-electron chi connectivity index (χ3n) is 4.68. The van der Waals surface area contributed by atoms with E-state index < -0.39 is 6.09 Å². The van der Waals surface area contributed by atoms with Gasteiger partial charge in [-0.05, 0) is 44.0 Å². The minimum absolute atomic E-state index is 0.251.